The van der Waals surface area contributed by atoms with Crippen LogP contribution in [0.2, 0.25) is 0 Å². The topological polar surface area (TPSA) is 47.9 Å². The van der Waals surface area contributed by atoms with Crippen molar-refractivity contribution in [1.82, 2.24) is 0 Å². The lowest BCUT2D eigenvalue weighted by molar-refractivity contribution is -0.130. The van der Waals surface area contributed by atoms with Crippen LogP contribution < -0.4 is 0 Å². The van der Waals surface area contributed by atoms with Crippen LogP contribution in [-0.2, 0) is 14.3 Å². The van der Waals surface area contributed by atoms with E-state index in [1.807, 2.05) is 13.8 Å². The van der Waals surface area contributed by atoms with Gasteiger partial charge in [0.05, 0.1) is 6.61 Å². The molecule has 0 aromatic rings. The van der Waals surface area contributed by atoms with Crippen LogP contribution in [0.5, 0.6) is 0 Å². The summed E-state index contributed by atoms with van der Waals surface area (Å²) in [5.74, 6) is -0.167. The molecule has 0 aromatic carbocycles. The number of rotatable bonds is 3. The maximum atomic E-state index is 11.0. The fourth-order valence-corrected chi connectivity index (χ4v) is 0.785. The molecule has 0 amide bonds. The van der Waals surface area contributed by atoms with Gasteiger partial charge in [0.2, 0.25) is 5.90 Å². The Labute approximate surface area is 76.6 Å². The predicted octanol–water partition coefficient (Wildman–Crippen LogP) is 1.40. The highest BCUT2D eigenvalue weighted by molar-refractivity contribution is 6.08. The lowest BCUT2D eigenvalue weighted by Gasteiger charge is -1.92. The molecule has 4 nitrogen and oxygen atoms in total. The van der Waals surface area contributed by atoms with E-state index in [4.69, 9.17) is 9.47 Å². The molecule has 1 heterocycles. The number of carbonyl (C=O) groups is 1. The minimum atomic E-state index is -0.471. The van der Waals surface area contributed by atoms with E-state index in [2.05, 4.69) is 4.99 Å². The van der Waals surface area contributed by atoms with Gasteiger partial charge in [-0.1, -0.05) is 6.08 Å². The van der Waals surface area contributed by atoms with Crippen molar-refractivity contribution in [3.05, 3.63) is 24.1 Å². The van der Waals surface area contributed by atoms with Gasteiger partial charge in [0.1, 0.15) is 6.26 Å². The summed E-state index contributed by atoms with van der Waals surface area (Å²) in [6, 6.07) is 0. The lowest BCUT2D eigenvalue weighted by Crippen LogP contribution is -2.01. The summed E-state index contributed by atoms with van der Waals surface area (Å²) in [5.41, 5.74) is 0.204. The fourth-order valence-electron chi connectivity index (χ4n) is 0.785. The van der Waals surface area contributed by atoms with Crippen LogP contribution >= 0.6 is 0 Å². The standard InChI is InChI=1S/C9H11NO3/c1-3-5-8-10-7(6-12-4-2)9(11)13-8/h3,5-6H,4H2,1-2H3. The molecule has 0 saturated heterocycles. The monoisotopic (exact) mass is 181 g/mol. The molecule has 0 bridgehead atoms. The summed E-state index contributed by atoms with van der Waals surface area (Å²) >= 11 is 0. The Balaban J connectivity index is 2.71. The van der Waals surface area contributed by atoms with Gasteiger partial charge in [-0.25, -0.2) is 9.79 Å². The van der Waals surface area contributed by atoms with E-state index in [9.17, 15) is 4.79 Å². The molecule has 0 radical (unpaired) electrons. The van der Waals surface area contributed by atoms with Gasteiger partial charge >= 0.3 is 5.97 Å². The van der Waals surface area contributed by atoms with Crippen molar-refractivity contribution in [2.24, 2.45) is 4.99 Å². The molecular weight excluding hydrogens is 170 g/mol. The third-order valence-electron chi connectivity index (χ3n) is 1.31. The third-order valence-corrected chi connectivity index (χ3v) is 1.31. The Hall–Kier alpha value is -1.58. The minimum absolute atomic E-state index is 0.204. The summed E-state index contributed by atoms with van der Waals surface area (Å²) in [7, 11) is 0. The highest BCUT2D eigenvalue weighted by Gasteiger charge is 2.21. The predicted molar refractivity (Wildman–Crippen MR) is 48.1 cm³/mol. The van der Waals surface area contributed by atoms with Gasteiger partial charge in [0, 0.05) is 0 Å². The zero-order valence-electron chi connectivity index (χ0n) is 7.61. The summed E-state index contributed by atoms with van der Waals surface area (Å²) in [6.07, 6.45) is 4.67. The second kappa shape index (κ2) is 4.45. The van der Waals surface area contributed by atoms with E-state index >= 15 is 0 Å². The maximum Gasteiger partial charge on any atom is 0.367 e. The molecule has 1 aliphatic heterocycles. The Kier molecular flexibility index (Phi) is 3.25. The van der Waals surface area contributed by atoms with Crippen molar-refractivity contribution in [3.63, 3.8) is 0 Å². The van der Waals surface area contributed by atoms with E-state index < -0.39 is 5.97 Å². The average Bonchev–Trinajstić information content (AvgIpc) is 2.44. The number of aliphatic imine (C=N–C) groups is 1. The lowest BCUT2D eigenvalue weighted by atomic mass is 10.5. The Morgan fingerprint density at radius 1 is 1.62 bits per heavy atom. The first-order valence-electron chi connectivity index (χ1n) is 4.03. The van der Waals surface area contributed by atoms with Gasteiger partial charge < -0.3 is 9.47 Å². The van der Waals surface area contributed by atoms with Crippen molar-refractivity contribution >= 4 is 11.9 Å². The van der Waals surface area contributed by atoms with Crippen molar-refractivity contribution in [3.8, 4) is 0 Å². The van der Waals surface area contributed by atoms with Crippen molar-refractivity contribution in [2.75, 3.05) is 6.61 Å². The quantitative estimate of drug-likeness (QED) is 0.375. The average molecular weight is 181 g/mol. The molecule has 0 atom stereocenters. The van der Waals surface area contributed by atoms with Crippen LogP contribution in [0.15, 0.2) is 29.1 Å². The van der Waals surface area contributed by atoms with Crippen molar-refractivity contribution in [1.29, 1.82) is 0 Å². The Morgan fingerprint density at radius 3 is 3.00 bits per heavy atom. The summed E-state index contributed by atoms with van der Waals surface area (Å²) < 4.78 is 9.71. The largest absolute Gasteiger partial charge is 0.499 e. The Bertz CT molecular complexity index is 289. The summed E-state index contributed by atoms with van der Waals surface area (Å²) in [4.78, 5) is 14.9. The number of carbonyl (C=O) groups excluding carboxylic acids is 1. The SMILES string of the molecule is CC=CC1=NC(=COCC)C(=O)O1. The van der Waals surface area contributed by atoms with Crippen LogP contribution in [0, 0.1) is 0 Å². The van der Waals surface area contributed by atoms with Crippen molar-refractivity contribution < 1.29 is 14.3 Å². The number of ether oxygens (including phenoxy) is 2. The number of hydrogen-bond donors (Lipinski definition) is 0. The minimum Gasteiger partial charge on any atom is -0.499 e. The van der Waals surface area contributed by atoms with Crippen LogP contribution in [0.4, 0.5) is 0 Å². The molecule has 4 heteroatoms. The molecule has 1 aliphatic rings. The first kappa shape index (κ1) is 9.51. The van der Waals surface area contributed by atoms with E-state index in [-0.39, 0.29) is 5.70 Å². The van der Waals surface area contributed by atoms with Gasteiger partial charge in [-0.3, -0.25) is 0 Å². The molecule has 1 rings (SSSR count). The smallest absolute Gasteiger partial charge is 0.367 e. The van der Waals surface area contributed by atoms with Crippen LogP contribution in [0.1, 0.15) is 13.8 Å². The fraction of sp³-hybridized carbons (Fsp3) is 0.333. The molecule has 0 aromatic heterocycles. The second-order valence-corrected chi connectivity index (χ2v) is 2.30. The van der Waals surface area contributed by atoms with Gasteiger partial charge in [0.25, 0.3) is 0 Å². The van der Waals surface area contributed by atoms with Gasteiger partial charge in [-0.05, 0) is 19.9 Å². The molecule has 0 spiro atoms. The summed E-state index contributed by atoms with van der Waals surface area (Å²) in [6.45, 7) is 4.15. The second-order valence-electron chi connectivity index (χ2n) is 2.30. The molecule has 0 saturated carbocycles. The van der Waals surface area contributed by atoms with Gasteiger partial charge in [0.15, 0.2) is 5.70 Å². The normalized spacial score (nSPS) is 19.4. The molecule has 70 valence electrons. The Morgan fingerprint density at radius 2 is 2.38 bits per heavy atom. The van der Waals surface area contributed by atoms with Crippen LogP contribution in [0.3, 0.4) is 0 Å². The number of esters is 1. The van der Waals surface area contributed by atoms with Gasteiger partial charge in [-0.2, -0.15) is 0 Å². The third kappa shape index (κ3) is 2.43. The van der Waals surface area contributed by atoms with Crippen LogP contribution in [0.25, 0.3) is 0 Å². The highest BCUT2D eigenvalue weighted by atomic mass is 16.6. The zero-order chi connectivity index (χ0) is 9.68. The number of cyclic esters (lactones) is 1. The maximum absolute atomic E-state index is 11.0. The number of nitrogens with zero attached hydrogens (tertiary/aromatic N) is 1. The first-order chi connectivity index (χ1) is 6.27. The van der Waals surface area contributed by atoms with E-state index in [0.717, 1.165) is 0 Å². The van der Waals surface area contributed by atoms with Crippen LogP contribution in [-0.4, -0.2) is 18.5 Å². The molecule has 0 N–H and O–H groups in total. The first-order valence-corrected chi connectivity index (χ1v) is 4.03. The van der Waals surface area contributed by atoms with Crippen molar-refractivity contribution in [2.45, 2.75) is 13.8 Å². The molecular formula is C9H11NO3. The molecule has 0 unspecified atom stereocenters. The molecule has 0 aliphatic carbocycles. The zero-order valence-corrected chi connectivity index (χ0v) is 7.61. The highest BCUT2D eigenvalue weighted by Crippen LogP contribution is 2.11. The van der Waals surface area contributed by atoms with E-state index in [1.54, 1.807) is 12.2 Å². The summed E-state index contributed by atoms with van der Waals surface area (Å²) in [5, 5.41) is 0. The molecule has 13 heavy (non-hydrogen) atoms. The number of allylic oxidation sites excluding steroid dienone is 1. The van der Waals surface area contributed by atoms with E-state index in [0.29, 0.717) is 12.5 Å². The van der Waals surface area contributed by atoms with Gasteiger partial charge in [-0.15, -0.1) is 0 Å². The van der Waals surface area contributed by atoms with E-state index in [1.165, 1.54) is 6.26 Å². The molecule has 0 fully saturated rings. The number of hydrogen-bond acceptors (Lipinski definition) is 4.